The maximum absolute atomic E-state index is 12.3. The molecule has 1 N–H and O–H groups in total. The molecule has 2 heterocycles. The highest BCUT2D eigenvalue weighted by Gasteiger charge is 2.38. The largest absolute Gasteiger partial charge is 0.469 e. The molecule has 0 saturated heterocycles. The second-order valence-corrected chi connectivity index (χ2v) is 2.78. The van der Waals surface area contributed by atoms with Gasteiger partial charge in [-0.1, -0.05) is 0 Å². The van der Waals surface area contributed by atoms with E-state index in [0.717, 1.165) is 0 Å². The molecule has 2 rings (SSSR count). The Bertz CT molecular complexity index is 491. The van der Waals surface area contributed by atoms with E-state index in [2.05, 4.69) is 19.7 Å². The minimum atomic E-state index is -4.59. The highest BCUT2D eigenvalue weighted by molar-refractivity contribution is 5.83. The van der Waals surface area contributed by atoms with Crippen LogP contribution in [0.5, 0.6) is 0 Å². The maximum atomic E-state index is 12.3. The molecule has 0 saturated carbocycles. The molecule has 0 aliphatic rings. The monoisotopic (exact) mass is 217 g/mol. The van der Waals surface area contributed by atoms with Gasteiger partial charge in [0.15, 0.2) is 5.52 Å². The molecule has 2 aromatic rings. The molecule has 4 nitrogen and oxygen atoms in total. The Morgan fingerprint density at radius 2 is 2.13 bits per heavy atom. The van der Waals surface area contributed by atoms with Gasteiger partial charge in [0.25, 0.3) is 0 Å². The highest BCUT2D eigenvalue weighted by Crippen LogP contribution is 2.32. The number of rotatable bonds is 1. The lowest BCUT2D eigenvalue weighted by Gasteiger charge is -1.97. The number of fused-ring (bicyclic) bond motifs is 1. The van der Waals surface area contributed by atoms with Gasteiger partial charge in [-0.3, -0.25) is 0 Å². The van der Waals surface area contributed by atoms with Crippen LogP contribution in [-0.2, 0) is 6.18 Å². The van der Waals surface area contributed by atoms with Crippen LogP contribution in [0.15, 0.2) is 16.7 Å². The molecule has 2 aromatic heterocycles. The third-order valence-corrected chi connectivity index (χ3v) is 1.81. The number of anilines is 1. The van der Waals surface area contributed by atoms with Crippen molar-refractivity contribution in [3.63, 3.8) is 0 Å². The lowest BCUT2D eigenvalue weighted by Crippen LogP contribution is -2.04. The fraction of sp³-hybridized carbons (Fsp3) is 0.250. The van der Waals surface area contributed by atoms with Gasteiger partial charge >= 0.3 is 12.1 Å². The second-order valence-electron chi connectivity index (χ2n) is 2.78. The molecule has 0 aliphatic heterocycles. The van der Waals surface area contributed by atoms with Gasteiger partial charge in [0.2, 0.25) is 5.71 Å². The van der Waals surface area contributed by atoms with Crippen LogP contribution in [0.2, 0.25) is 0 Å². The molecule has 0 radical (unpaired) electrons. The summed E-state index contributed by atoms with van der Waals surface area (Å²) in [5.41, 5.74) is 0.390. The van der Waals surface area contributed by atoms with Crippen LogP contribution in [0.4, 0.5) is 18.9 Å². The lowest BCUT2D eigenvalue weighted by molar-refractivity contribution is -0.156. The standard InChI is InChI=1S/C8H6F3N3O/c1-12-4-2-3-13-6-5(4)14-7(15-6)8(9,10)11/h2-3H,1H3,(H,12,13). The summed E-state index contributed by atoms with van der Waals surface area (Å²) >= 11 is 0. The highest BCUT2D eigenvalue weighted by atomic mass is 19.4. The van der Waals surface area contributed by atoms with Gasteiger partial charge in [-0.15, -0.1) is 0 Å². The molecular weight excluding hydrogens is 211 g/mol. The van der Waals surface area contributed by atoms with Crippen LogP contribution in [0, 0.1) is 0 Å². The van der Waals surface area contributed by atoms with Crippen molar-refractivity contribution < 1.29 is 17.6 Å². The van der Waals surface area contributed by atoms with Gasteiger partial charge in [-0.05, 0) is 6.07 Å². The zero-order valence-electron chi connectivity index (χ0n) is 7.59. The molecular formula is C8H6F3N3O. The van der Waals surface area contributed by atoms with Crippen LogP contribution in [0.3, 0.4) is 0 Å². The molecule has 0 fully saturated rings. The van der Waals surface area contributed by atoms with E-state index in [9.17, 15) is 13.2 Å². The number of nitrogens with zero attached hydrogens (tertiary/aromatic N) is 2. The zero-order valence-corrected chi connectivity index (χ0v) is 7.59. The number of hydrogen-bond donors (Lipinski definition) is 1. The van der Waals surface area contributed by atoms with E-state index in [-0.39, 0.29) is 11.2 Å². The third-order valence-electron chi connectivity index (χ3n) is 1.81. The van der Waals surface area contributed by atoms with E-state index >= 15 is 0 Å². The summed E-state index contributed by atoms with van der Waals surface area (Å²) in [5.74, 6) is -1.28. The molecule has 0 bridgehead atoms. The summed E-state index contributed by atoms with van der Waals surface area (Å²) in [5, 5.41) is 2.70. The van der Waals surface area contributed by atoms with Gasteiger partial charge in [0.1, 0.15) is 0 Å². The number of hydrogen-bond acceptors (Lipinski definition) is 4. The number of oxazole rings is 1. The summed E-state index contributed by atoms with van der Waals surface area (Å²) in [6.07, 6.45) is -3.24. The van der Waals surface area contributed by atoms with Crippen LogP contribution in [0.1, 0.15) is 5.89 Å². The smallest absolute Gasteiger partial charge is 0.414 e. The summed E-state index contributed by atoms with van der Waals surface area (Å²) in [7, 11) is 1.58. The Morgan fingerprint density at radius 3 is 2.73 bits per heavy atom. The van der Waals surface area contributed by atoms with Crippen LogP contribution >= 0.6 is 0 Å². The fourth-order valence-electron chi connectivity index (χ4n) is 1.16. The maximum Gasteiger partial charge on any atom is 0.469 e. The first-order valence-corrected chi connectivity index (χ1v) is 4.03. The number of nitrogens with one attached hydrogen (secondary N) is 1. The second kappa shape index (κ2) is 3.11. The number of aromatic nitrogens is 2. The van der Waals surface area contributed by atoms with E-state index < -0.39 is 12.1 Å². The summed E-state index contributed by atoms with van der Waals surface area (Å²) in [6, 6.07) is 1.52. The van der Waals surface area contributed by atoms with Crippen molar-refractivity contribution >= 4 is 16.9 Å². The van der Waals surface area contributed by atoms with Crippen molar-refractivity contribution in [3.8, 4) is 0 Å². The Balaban J connectivity index is 2.65. The van der Waals surface area contributed by atoms with E-state index in [1.165, 1.54) is 12.3 Å². The molecule has 0 amide bonds. The Morgan fingerprint density at radius 1 is 1.40 bits per heavy atom. The zero-order chi connectivity index (χ0) is 11.1. The predicted octanol–water partition coefficient (Wildman–Crippen LogP) is 2.28. The molecule has 0 aliphatic carbocycles. The van der Waals surface area contributed by atoms with E-state index in [0.29, 0.717) is 5.69 Å². The number of alkyl halides is 3. The van der Waals surface area contributed by atoms with E-state index in [1.54, 1.807) is 7.05 Å². The van der Waals surface area contributed by atoms with Crippen molar-refractivity contribution in [2.24, 2.45) is 0 Å². The Hall–Kier alpha value is -1.79. The van der Waals surface area contributed by atoms with Crippen LogP contribution < -0.4 is 5.32 Å². The molecule has 80 valence electrons. The Labute approximate surface area is 82.1 Å². The molecule has 0 aromatic carbocycles. The predicted molar refractivity (Wildman–Crippen MR) is 46.4 cm³/mol. The van der Waals surface area contributed by atoms with Gasteiger partial charge in [-0.2, -0.15) is 13.2 Å². The van der Waals surface area contributed by atoms with Gasteiger partial charge in [-0.25, -0.2) is 9.97 Å². The van der Waals surface area contributed by atoms with Crippen molar-refractivity contribution in [2.75, 3.05) is 12.4 Å². The van der Waals surface area contributed by atoms with E-state index in [4.69, 9.17) is 0 Å². The first-order valence-electron chi connectivity index (χ1n) is 4.03. The minimum absolute atomic E-state index is 0.0762. The number of pyridine rings is 1. The van der Waals surface area contributed by atoms with Crippen molar-refractivity contribution in [1.82, 2.24) is 9.97 Å². The summed E-state index contributed by atoms with van der Waals surface area (Å²) in [4.78, 5) is 6.99. The Kier molecular flexibility index (Phi) is 2.02. The SMILES string of the molecule is CNc1ccnc2oc(C(F)(F)F)nc12. The summed E-state index contributed by atoms with van der Waals surface area (Å²) in [6.45, 7) is 0. The van der Waals surface area contributed by atoms with Crippen LogP contribution in [0.25, 0.3) is 11.2 Å². The molecule has 0 spiro atoms. The molecule has 0 atom stereocenters. The first-order chi connectivity index (χ1) is 7.02. The van der Waals surface area contributed by atoms with Crippen molar-refractivity contribution in [2.45, 2.75) is 6.18 Å². The average Bonchev–Trinajstić information content (AvgIpc) is 2.59. The normalized spacial score (nSPS) is 12.0. The molecule has 15 heavy (non-hydrogen) atoms. The van der Waals surface area contributed by atoms with E-state index in [1.807, 2.05) is 0 Å². The number of halogens is 3. The molecule has 7 heteroatoms. The summed E-state index contributed by atoms with van der Waals surface area (Å²) < 4.78 is 41.3. The first kappa shape index (κ1) is 9.75. The van der Waals surface area contributed by atoms with Crippen molar-refractivity contribution in [1.29, 1.82) is 0 Å². The van der Waals surface area contributed by atoms with Crippen LogP contribution in [-0.4, -0.2) is 17.0 Å². The van der Waals surface area contributed by atoms with Gasteiger partial charge in [0, 0.05) is 13.2 Å². The fourth-order valence-corrected chi connectivity index (χ4v) is 1.16. The van der Waals surface area contributed by atoms with Crippen molar-refractivity contribution in [3.05, 3.63) is 18.2 Å². The lowest BCUT2D eigenvalue weighted by atomic mass is 10.4. The molecule has 0 unspecified atom stereocenters. The third kappa shape index (κ3) is 1.60. The topological polar surface area (TPSA) is 51.0 Å². The van der Waals surface area contributed by atoms with Gasteiger partial charge in [0.05, 0.1) is 5.69 Å². The average molecular weight is 217 g/mol. The minimum Gasteiger partial charge on any atom is -0.414 e. The quantitative estimate of drug-likeness (QED) is 0.796. The van der Waals surface area contributed by atoms with Gasteiger partial charge < -0.3 is 9.73 Å².